The number of benzene rings is 2. The number of amides is 1. The summed E-state index contributed by atoms with van der Waals surface area (Å²) < 4.78 is 0. The summed E-state index contributed by atoms with van der Waals surface area (Å²) in [6.45, 7) is 2.57. The molecular weight excluding hydrogens is 350 g/mol. The first-order chi connectivity index (χ1) is 13.6. The Balaban J connectivity index is 1.33. The third-order valence-electron chi connectivity index (χ3n) is 5.09. The maximum absolute atomic E-state index is 12.3. The standard InChI is InChI=1S/C23H23N3O2/c1-15-6-7-16-13-17(23(28)26-21(16)12-15)8-9-22(27)24-11-10-18-14-25-20-5-3-2-4-19(18)20/h2-7,12-14,25H,8-11H2,1H3,(H,24,27)(H,26,28). The minimum Gasteiger partial charge on any atom is -0.361 e. The maximum Gasteiger partial charge on any atom is 0.251 e. The first-order valence-electron chi connectivity index (χ1n) is 9.54. The van der Waals surface area contributed by atoms with Gasteiger partial charge in [-0.15, -0.1) is 0 Å². The molecule has 0 aliphatic rings. The van der Waals surface area contributed by atoms with Crippen molar-refractivity contribution >= 4 is 27.7 Å². The van der Waals surface area contributed by atoms with E-state index in [-0.39, 0.29) is 11.5 Å². The zero-order chi connectivity index (χ0) is 19.5. The molecule has 0 aliphatic heterocycles. The third kappa shape index (κ3) is 3.83. The zero-order valence-electron chi connectivity index (χ0n) is 15.8. The van der Waals surface area contributed by atoms with Gasteiger partial charge in [-0.05, 0) is 54.5 Å². The molecule has 142 valence electrons. The molecule has 0 bridgehead atoms. The second-order valence-corrected chi connectivity index (χ2v) is 7.17. The van der Waals surface area contributed by atoms with Crippen LogP contribution in [0.1, 0.15) is 23.1 Å². The fourth-order valence-corrected chi connectivity index (χ4v) is 3.56. The molecule has 3 N–H and O–H groups in total. The van der Waals surface area contributed by atoms with Crippen LogP contribution in [0.25, 0.3) is 21.8 Å². The van der Waals surface area contributed by atoms with E-state index < -0.39 is 0 Å². The van der Waals surface area contributed by atoms with Crippen LogP contribution in [0.2, 0.25) is 0 Å². The molecule has 0 radical (unpaired) electrons. The summed E-state index contributed by atoms with van der Waals surface area (Å²) in [7, 11) is 0. The molecular formula is C23H23N3O2. The van der Waals surface area contributed by atoms with Gasteiger partial charge < -0.3 is 15.3 Å². The van der Waals surface area contributed by atoms with Gasteiger partial charge in [-0.2, -0.15) is 0 Å². The molecule has 2 heterocycles. The van der Waals surface area contributed by atoms with Crippen LogP contribution in [0.3, 0.4) is 0 Å². The molecule has 0 saturated heterocycles. The number of hydrogen-bond donors (Lipinski definition) is 3. The molecule has 0 atom stereocenters. The number of carbonyl (C=O) groups excluding carboxylic acids is 1. The monoisotopic (exact) mass is 373 g/mol. The van der Waals surface area contributed by atoms with Crippen LogP contribution in [0.15, 0.2) is 59.5 Å². The average Bonchev–Trinajstić information content (AvgIpc) is 3.09. The van der Waals surface area contributed by atoms with Crippen molar-refractivity contribution in [2.75, 3.05) is 6.54 Å². The van der Waals surface area contributed by atoms with Crippen LogP contribution in [0.5, 0.6) is 0 Å². The molecule has 0 aliphatic carbocycles. The van der Waals surface area contributed by atoms with E-state index in [1.54, 1.807) is 0 Å². The van der Waals surface area contributed by atoms with E-state index in [4.69, 9.17) is 0 Å². The van der Waals surface area contributed by atoms with Crippen molar-refractivity contribution in [1.82, 2.24) is 15.3 Å². The Morgan fingerprint density at radius 1 is 1.00 bits per heavy atom. The normalized spacial score (nSPS) is 11.2. The molecule has 1 amide bonds. The third-order valence-corrected chi connectivity index (χ3v) is 5.09. The van der Waals surface area contributed by atoms with E-state index in [1.165, 1.54) is 10.9 Å². The quantitative estimate of drug-likeness (QED) is 0.483. The highest BCUT2D eigenvalue weighted by Gasteiger charge is 2.08. The highest BCUT2D eigenvalue weighted by atomic mass is 16.1. The van der Waals surface area contributed by atoms with Crippen molar-refractivity contribution in [2.24, 2.45) is 0 Å². The van der Waals surface area contributed by atoms with E-state index >= 15 is 0 Å². The largest absolute Gasteiger partial charge is 0.361 e. The maximum atomic E-state index is 12.3. The van der Waals surface area contributed by atoms with E-state index in [0.717, 1.165) is 28.4 Å². The summed E-state index contributed by atoms with van der Waals surface area (Å²) in [5.41, 5.74) is 4.75. The molecule has 4 aromatic rings. The van der Waals surface area contributed by atoms with Gasteiger partial charge in [0.1, 0.15) is 0 Å². The van der Waals surface area contributed by atoms with Crippen molar-refractivity contribution < 1.29 is 4.79 Å². The SMILES string of the molecule is Cc1ccc2cc(CCC(=O)NCCc3c[nH]c4ccccc34)c(=O)[nH]c2c1. The number of nitrogens with one attached hydrogen (secondary N) is 3. The molecule has 28 heavy (non-hydrogen) atoms. The first-order valence-corrected chi connectivity index (χ1v) is 9.54. The van der Waals surface area contributed by atoms with Crippen molar-refractivity contribution in [3.8, 4) is 0 Å². The van der Waals surface area contributed by atoms with Gasteiger partial charge in [-0.25, -0.2) is 0 Å². The Morgan fingerprint density at radius 3 is 2.75 bits per heavy atom. The van der Waals surface area contributed by atoms with Crippen molar-refractivity contribution in [3.05, 3.63) is 81.8 Å². The van der Waals surface area contributed by atoms with E-state index in [2.05, 4.69) is 21.4 Å². The minimum atomic E-state index is -0.121. The number of hydrogen-bond acceptors (Lipinski definition) is 2. The van der Waals surface area contributed by atoms with Crippen LogP contribution >= 0.6 is 0 Å². The predicted molar refractivity (Wildman–Crippen MR) is 113 cm³/mol. The number of aryl methyl sites for hydroxylation is 2. The summed E-state index contributed by atoms with van der Waals surface area (Å²) >= 11 is 0. The Hall–Kier alpha value is -3.34. The topological polar surface area (TPSA) is 77.8 Å². The van der Waals surface area contributed by atoms with Crippen molar-refractivity contribution in [3.63, 3.8) is 0 Å². The van der Waals surface area contributed by atoms with Crippen LogP contribution in [0.4, 0.5) is 0 Å². The number of para-hydroxylation sites is 1. The fourth-order valence-electron chi connectivity index (χ4n) is 3.56. The lowest BCUT2D eigenvalue weighted by Crippen LogP contribution is -2.26. The van der Waals surface area contributed by atoms with E-state index in [9.17, 15) is 9.59 Å². The molecule has 0 fully saturated rings. The number of aromatic nitrogens is 2. The Morgan fingerprint density at radius 2 is 1.86 bits per heavy atom. The molecule has 5 heteroatoms. The van der Waals surface area contributed by atoms with Crippen molar-refractivity contribution in [2.45, 2.75) is 26.2 Å². The Bertz CT molecular complexity index is 1200. The highest BCUT2D eigenvalue weighted by molar-refractivity contribution is 5.83. The van der Waals surface area contributed by atoms with Gasteiger partial charge in [0.05, 0.1) is 0 Å². The van der Waals surface area contributed by atoms with E-state index in [0.29, 0.717) is 24.9 Å². The predicted octanol–water partition coefficient (Wildman–Crippen LogP) is 3.61. The summed E-state index contributed by atoms with van der Waals surface area (Å²) in [5, 5.41) is 5.13. The number of rotatable bonds is 6. The smallest absolute Gasteiger partial charge is 0.251 e. The molecule has 5 nitrogen and oxygen atoms in total. The van der Waals surface area contributed by atoms with Gasteiger partial charge >= 0.3 is 0 Å². The van der Waals surface area contributed by atoms with Crippen LogP contribution < -0.4 is 10.9 Å². The molecule has 4 rings (SSSR count). The molecule has 2 aromatic carbocycles. The van der Waals surface area contributed by atoms with Crippen LogP contribution in [-0.2, 0) is 17.6 Å². The van der Waals surface area contributed by atoms with Crippen LogP contribution in [0, 0.1) is 6.92 Å². The first kappa shape index (κ1) is 18.0. The zero-order valence-corrected chi connectivity index (χ0v) is 15.8. The van der Waals surface area contributed by atoms with Crippen molar-refractivity contribution in [1.29, 1.82) is 0 Å². The molecule has 2 aromatic heterocycles. The highest BCUT2D eigenvalue weighted by Crippen LogP contribution is 2.17. The van der Waals surface area contributed by atoms with Gasteiger partial charge in [0, 0.05) is 41.1 Å². The van der Waals surface area contributed by atoms with Gasteiger partial charge in [-0.1, -0.05) is 30.3 Å². The molecule has 0 spiro atoms. The summed E-state index contributed by atoms with van der Waals surface area (Å²) in [6, 6.07) is 16.0. The number of fused-ring (bicyclic) bond motifs is 2. The minimum absolute atomic E-state index is 0.0387. The van der Waals surface area contributed by atoms with Gasteiger partial charge in [0.25, 0.3) is 5.56 Å². The second kappa shape index (κ2) is 7.72. The Labute approximate surface area is 162 Å². The number of aromatic amines is 2. The lowest BCUT2D eigenvalue weighted by Gasteiger charge is -2.06. The lowest BCUT2D eigenvalue weighted by atomic mass is 10.1. The Kier molecular flexibility index (Phi) is 4.98. The van der Waals surface area contributed by atoms with Gasteiger partial charge in [-0.3, -0.25) is 9.59 Å². The summed E-state index contributed by atoms with van der Waals surface area (Å²) in [4.78, 5) is 30.6. The molecule has 0 saturated carbocycles. The lowest BCUT2D eigenvalue weighted by molar-refractivity contribution is -0.121. The van der Waals surface area contributed by atoms with Crippen LogP contribution in [-0.4, -0.2) is 22.4 Å². The number of pyridine rings is 1. The number of carbonyl (C=O) groups is 1. The van der Waals surface area contributed by atoms with E-state index in [1.807, 2.05) is 55.6 Å². The molecule has 0 unspecified atom stereocenters. The summed E-state index contributed by atoms with van der Waals surface area (Å²) in [5.74, 6) is -0.0387. The second-order valence-electron chi connectivity index (χ2n) is 7.17. The summed E-state index contributed by atoms with van der Waals surface area (Å²) in [6.07, 6.45) is 3.49. The van der Waals surface area contributed by atoms with Gasteiger partial charge in [0.2, 0.25) is 5.91 Å². The number of H-pyrrole nitrogens is 2. The average molecular weight is 373 g/mol. The fraction of sp³-hybridized carbons (Fsp3) is 0.217. The van der Waals surface area contributed by atoms with Gasteiger partial charge in [0.15, 0.2) is 0 Å².